The van der Waals surface area contributed by atoms with Crippen molar-refractivity contribution < 1.29 is 37.2 Å². The van der Waals surface area contributed by atoms with Crippen LogP contribution in [0.15, 0.2) is 10.6 Å². The third kappa shape index (κ3) is 2.06. The van der Waals surface area contributed by atoms with Crippen molar-refractivity contribution in [1.82, 2.24) is 5.16 Å². The molecule has 41 valence electrons. The van der Waals surface area contributed by atoms with Gasteiger partial charge in [-0.1, -0.05) is 13.3 Å². The summed E-state index contributed by atoms with van der Waals surface area (Å²) in [7, 11) is 0. The number of hydrogen-bond donors (Lipinski definition) is 0. The summed E-state index contributed by atoms with van der Waals surface area (Å²) in [6.07, 6.45) is 3.46. The zero-order chi connectivity index (χ0) is 5.11. The minimum atomic E-state index is 0. The van der Waals surface area contributed by atoms with Gasteiger partial charge >= 0.3 is 0 Å². The van der Waals surface area contributed by atoms with Gasteiger partial charge in [0.2, 0.25) is 0 Å². The summed E-state index contributed by atoms with van der Waals surface area (Å²) < 4.78 is 4.68. The minimum absolute atomic E-state index is 0. The molecule has 3 heteroatoms. The summed E-state index contributed by atoms with van der Waals surface area (Å²) in [5.41, 5.74) is 0. The van der Waals surface area contributed by atoms with Crippen molar-refractivity contribution in [3.05, 3.63) is 18.0 Å². The first-order chi connectivity index (χ1) is 3.43. The monoisotopic (exact) mass is 185 g/mol. The SMILES string of the molecule is CCc1c[c-]no1.[Y]. The Morgan fingerprint density at radius 3 is 2.88 bits per heavy atom. The Kier molecular flexibility index (Phi) is 4.38. The van der Waals surface area contributed by atoms with Gasteiger partial charge in [-0.2, -0.15) is 6.07 Å². The van der Waals surface area contributed by atoms with Crippen molar-refractivity contribution in [2.45, 2.75) is 13.3 Å². The third-order valence-corrected chi connectivity index (χ3v) is 0.790. The van der Waals surface area contributed by atoms with Crippen LogP contribution in [0, 0.1) is 6.20 Å². The molecule has 0 unspecified atom stereocenters. The summed E-state index contributed by atoms with van der Waals surface area (Å²) in [6, 6.07) is 1.74. The molecule has 1 heterocycles. The molecule has 0 aromatic carbocycles. The number of nitrogens with zero attached hydrogens (tertiary/aromatic N) is 1. The van der Waals surface area contributed by atoms with Crippen LogP contribution in [0.2, 0.25) is 0 Å². The Balaban J connectivity index is 0.000000490. The quantitative estimate of drug-likeness (QED) is 0.610. The third-order valence-electron chi connectivity index (χ3n) is 0.790. The number of hydrogen-bond acceptors (Lipinski definition) is 2. The molecule has 1 aromatic rings. The van der Waals surface area contributed by atoms with Gasteiger partial charge in [-0.05, 0) is 5.76 Å². The van der Waals surface area contributed by atoms with Crippen LogP contribution >= 0.6 is 0 Å². The predicted molar refractivity (Wildman–Crippen MR) is 24.7 cm³/mol. The van der Waals surface area contributed by atoms with E-state index in [9.17, 15) is 0 Å². The van der Waals surface area contributed by atoms with Gasteiger partial charge in [0, 0.05) is 32.7 Å². The number of aromatic nitrogens is 1. The normalized spacial score (nSPS) is 8.12. The Hall–Kier alpha value is 0.314. The first-order valence-electron chi connectivity index (χ1n) is 2.25. The van der Waals surface area contributed by atoms with Gasteiger partial charge in [0.1, 0.15) is 0 Å². The van der Waals surface area contributed by atoms with E-state index in [1.165, 1.54) is 0 Å². The maximum atomic E-state index is 4.68. The van der Waals surface area contributed by atoms with Crippen LogP contribution < -0.4 is 0 Å². The van der Waals surface area contributed by atoms with E-state index in [2.05, 4.69) is 15.9 Å². The van der Waals surface area contributed by atoms with Gasteiger partial charge in [0.05, 0.1) is 0 Å². The Bertz CT molecular complexity index is 127. The molecule has 0 aliphatic rings. The predicted octanol–water partition coefficient (Wildman–Crippen LogP) is 1.03. The molecule has 0 fully saturated rings. The minimum Gasteiger partial charge on any atom is -0.470 e. The van der Waals surface area contributed by atoms with E-state index in [1.807, 2.05) is 6.92 Å². The van der Waals surface area contributed by atoms with Gasteiger partial charge in [0.25, 0.3) is 0 Å². The molecule has 0 spiro atoms. The topological polar surface area (TPSA) is 26.0 Å². The van der Waals surface area contributed by atoms with Crippen molar-refractivity contribution >= 4 is 0 Å². The van der Waals surface area contributed by atoms with Crippen LogP contribution in [-0.4, -0.2) is 5.16 Å². The second-order valence-corrected chi connectivity index (χ2v) is 1.28. The molecule has 2 nitrogen and oxygen atoms in total. The standard InChI is InChI=1S/C5H6NO.Y/c1-2-5-3-4-6-7-5;/h3H,2H2,1H3;/q-1;. The average Bonchev–Trinajstić information content (AvgIpc) is 2.14. The van der Waals surface area contributed by atoms with E-state index in [1.54, 1.807) is 6.07 Å². The smallest absolute Gasteiger partial charge is 0 e. The largest absolute Gasteiger partial charge is 0.470 e. The van der Waals surface area contributed by atoms with E-state index >= 15 is 0 Å². The Morgan fingerprint density at radius 2 is 2.62 bits per heavy atom. The molecule has 0 amide bonds. The van der Waals surface area contributed by atoms with Gasteiger partial charge < -0.3 is 4.52 Å². The fourth-order valence-corrected chi connectivity index (χ4v) is 0.376. The molecular formula is C5H6NOY-. The fourth-order valence-electron chi connectivity index (χ4n) is 0.376. The molecule has 1 aromatic heterocycles. The van der Waals surface area contributed by atoms with E-state index in [0.717, 1.165) is 12.2 Å². The molecule has 0 saturated heterocycles. The molecule has 1 rings (SSSR count). The summed E-state index contributed by atoms with van der Waals surface area (Å²) in [5.74, 6) is 0.889. The van der Waals surface area contributed by atoms with Gasteiger partial charge in [-0.3, -0.25) is 0 Å². The molecule has 0 bridgehead atoms. The van der Waals surface area contributed by atoms with E-state index in [-0.39, 0.29) is 32.7 Å². The van der Waals surface area contributed by atoms with Crippen LogP contribution in [0.5, 0.6) is 0 Å². The molecule has 8 heavy (non-hydrogen) atoms. The first-order valence-corrected chi connectivity index (χ1v) is 2.25. The van der Waals surface area contributed by atoms with Crippen molar-refractivity contribution in [3.63, 3.8) is 0 Å². The van der Waals surface area contributed by atoms with Crippen LogP contribution in [-0.2, 0) is 39.1 Å². The van der Waals surface area contributed by atoms with Crippen LogP contribution in [0.1, 0.15) is 12.7 Å². The fraction of sp³-hybridized carbons (Fsp3) is 0.400. The Morgan fingerprint density at radius 1 is 1.88 bits per heavy atom. The number of aryl methyl sites for hydroxylation is 1. The summed E-state index contributed by atoms with van der Waals surface area (Å²) in [4.78, 5) is 0. The van der Waals surface area contributed by atoms with Crippen molar-refractivity contribution in [3.8, 4) is 0 Å². The van der Waals surface area contributed by atoms with Crippen LogP contribution in [0.3, 0.4) is 0 Å². The molecule has 0 saturated carbocycles. The van der Waals surface area contributed by atoms with Crippen molar-refractivity contribution in [2.75, 3.05) is 0 Å². The van der Waals surface area contributed by atoms with Crippen molar-refractivity contribution in [2.24, 2.45) is 0 Å². The van der Waals surface area contributed by atoms with Crippen LogP contribution in [0.25, 0.3) is 0 Å². The molecule has 0 N–H and O–H groups in total. The van der Waals surface area contributed by atoms with E-state index in [4.69, 9.17) is 0 Å². The first kappa shape index (κ1) is 8.31. The zero-order valence-electron chi connectivity index (χ0n) is 4.72. The molecule has 1 radical (unpaired) electrons. The average molecular weight is 185 g/mol. The molecule has 0 aliphatic heterocycles. The van der Waals surface area contributed by atoms with E-state index in [0.29, 0.717) is 0 Å². The second kappa shape index (κ2) is 4.22. The molecule has 0 atom stereocenters. The summed E-state index contributed by atoms with van der Waals surface area (Å²) >= 11 is 0. The van der Waals surface area contributed by atoms with Crippen LogP contribution in [0.4, 0.5) is 0 Å². The Labute approximate surface area is 73.5 Å². The van der Waals surface area contributed by atoms with Gasteiger partial charge in [0.15, 0.2) is 0 Å². The zero-order valence-corrected chi connectivity index (χ0v) is 7.56. The van der Waals surface area contributed by atoms with E-state index < -0.39 is 0 Å². The maximum Gasteiger partial charge on any atom is 0 e. The van der Waals surface area contributed by atoms with Crippen molar-refractivity contribution in [1.29, 1.82) is 0 Å². The molecule has 0 aliphatic carbocycles. The number of rotatable bonds is 1. The second-order valence-electron chi connectivity index (χ2n) is 1.28. The van der Waals surface area contributed by atoms with Gasteiger partial charge in [-0.25, -0.2) is 5.16 Å². The summed E-state index contributed by atoms with van der Waals surface area (Å²) in [6.45, 7) is 2.01. The maximum absolute atomic E-state index is 4.68. The van der Waals surface area contributed by atoms with Gasteiger partial charge in [-0.15, -0.1) is 6.20 Å². The summed E-state index contributed by atoms with van der Waals surface area (Å²) in [5, 5.41) is 3.39. The molecular weight excluding hydrogens is 179 g/mol.